The molecule has 0 radical (unpaired) electrons. The van der Waals surface area contributed by atoms with Gasteiger partial charge in [-0.1, -0.05) is 15.9 Å². The first kappa shape index (κ1) is 22.4. The molecule has 2 saturated heterocycles. The number of methoxy groups -OCH3 is 1. The van der Waals surface area contributed by atoms with E-state index < -0.39 is 0 Å². The number of urea groups is 1. The minimum Gasteiger partial charge on any atom is -0.497 e. The molecule has 2 unspecified atom stereocenters. The Hall–Kier alpha value is -1.27. The number of nitrogens with zero attached hydrogens (tertiary/aromatic N) is 3. The van der Waals surface area contributed by atoms with Crippen LogP contribution in [0.1, 0.15) is 37.7 Å². The maximum absolute atomic E-state index is 12.2. The van der Waals surface area contributed by atoms with Crippen molar-refractivity contribution in [2.75, 3.05) is 53.9 Å². The van der Waals surface area contributed by atoms with Crippen LogP contribution in [-0.4, -0.2) is 74.7 Å². The lowest BCUT2D eigenvalue weighted by molar-refractivity contribution is 0.138. The van der Waals surface area contributed by atoms with E-state index in [0.29, 0.717) is 5.92 Å². The van der Waals surface area contributed by atoms with Crippen molar-refractivity contribution < 1.29 is 9.53 Å². The third-order valence-corrected chi connectivity index (χ3v) is 7.16. The smallest absolute Gasteiger partial charge is 0.319 e. The summed E-state index contributed by atoms with van der Waals surface area (Å²) in [5, 5.41) is 0. The number of likely N-dealkylation sites (tertiary alicyclic amines) is 2. The van der Waals surface area contributed by atoms with E-state index >= 15 is 0 Å². The zero-order chi connectivity index (χ0) is 20.8. The molecule has 0 spiro atoms. The average Bonchev–Trinajstić information content (AvgIpc) is 3.16. The molecular weight excluding hydrogens is 430 g/mol. The van der Waals surface area contributed by atoms with Gasteiger partial charge in [-0.25, -0.2) is 4.79 Å². The highest BCUT2D eigenvalue weighted by atomic mass is 79.9. The van der Waals surface area contributed by atoms with E-state index in [0.717, 1.165) is 37.6 Å². The molecule has 2 aliphatic heterocycles. The summed E-state index contributed by atoms with van der Waals surface area (Å²) >= 11 is 3.69. The van der Waals surface area contributed by atoms with Crippen molar-refractivity contribution >= 4 is 22.0 Å². The number of halogens is 1. The van der Waals surface area contributed by atoms with Crippen LogP contribution in [0.25, 0.3) is 0 Å². The van der Waals surface area contributed by atoms with Crippen LogP contribution >= 0.6 is 15.9 Å². The van der Waals surface area contributed by atoms with Gasteiger partial charge in [0.05, 0.1) is 7.11 Å². The van der Waals surface area contributed by atoms with Crippen molar-refractivity contribution in [2.24, 2.45) is 11.8 Å². The molecule has 2 amide bonds. The van der Waals surface area contributed by atoms with Crippen LogP contribution in [-0.2, 0) is 6.42 Å². The summed E-state index contributed by atoms with van der Waals surface area (Å²) in [5.74, 6) is 2.33. The third-order valence-electron chi connectivity index (χ3n) is 6.39. The zero-order valence-electron chi connectivity index (χ0n) is 18.2. The monoisotopic (exact) mass is 465 g/mol. The van der Waals surface area contributed by atoms with Gasteiger partial charge in [0, 0.05) is 38.2 Å². The highest BCUT2D eigenvalue weighted by Crippen LogP contribution is 2.29. The van der Waals surface area contributed by atoms with Gasteiger partial charge in [0.1, 0.15) is 5.75 Å². The van der Waals surface area contributed by atoms with E-state index in [1.165, 1.54) is 55.4 Å². The maximum Gasteiger partial charge on any atom is 0.319 e. The Morgan fingerprint density at radius 3 is 2.79 bits per heavy atom. The van der Waals surface area contributed by atoms with Crippen LogP contribution in [0.2, 0.25) is 0 Å². The Labute approximate surface area is 184 Å². The quantitative estimate of drug-likeness (QED) is 0.594. The van der Waals surface area contributed by atoms with Crippen molar-refractivity contribution in [2.45, 2.75) is 38.5 Å². The summed E-state index contributed by atoms with van der Waals surface area (Å²) in [5.41, 5.74) is 1.35. The Kier molecular flexibility index (Phi) is 8.25. The highest BCUT2D eigenvalue weighted by Gasteiger charge is 2.26. The second-order valence-corrected chi connectivity index (χ2v) is 9.74. The number of benzene rings is 1. The van der Waals surface area contributed by atoms with E-state index in [9.17, 15) is 4.79 Å². The minimum absolute atomic E-state index is 0.167. The van der Waals surface area contributed by atoms with Gasteiger partial charge in [-0.2, -0.15) is 0 Å². The van der Waals surface area contributed by atoms with Gasteiger partial charge in [-0.3, -0.25) is 0 Å². The number of hydrogen-bond donors (Lipinski definition) is 0. The highest BCUT2D eigenvalue weighted by molar-refractivity contribution is 9.10. The van der Waals surface area contributed by atoms with Crippen LogP contribution in [0.15, 0.2) is 22.7 Å². The number of amides is 2. The molecular formula is C23H36BrN3O2. The van der Waals surface area contributed by atoms with Gasteiger partial charge >= 0.3 is 6.03 Å². The van der Waals surface area contributed by atoms with Crippen molar-refractivity contribution in [3.63, 3.8) is 0 Å². The van der Waals surface area contributed by atoms with E-state index in [1.54, 1.807) is 12.0 Å². The molecule has 0 saturated carbocycles. The van der Waals surface area contributed by atoms with E-state index in [2.05, 4.69) is 33.0 Å². The molecule has 0 N–H and O–H groups in total. The molecule has 2 aliphatic rings. The molecule has 0 aliphatic carbocycles. The van der Waals surface area contributed by atoms with Gasteiger partial charge in [-0.05, 0) is 87.2 Å². The fourth-order valence-corrected chi connectivity index (χ4v) is 5.20. The summed E-state index contributed by atoms with van der Waals surface area (Å²) in [6, 6.07) is 6.43. The van der Waals surface area contributed by atoms with Gasteiger partial charge < -0.3 is 19.4 Å². The molecule has 6 heteroatoms. The molecule has 5 nitrogen and oxygen atoms in total. The van der Waals surface area contributed by atoms with Crippen molar-refractivity contribution in [3.8, 4) is 5.75 Å². The van der Waals surface area contributed by atoms with Gasteiger partial charge in [0.2, 0.25) is 0 Å². The molecule has 1 aromatic carbocycles. The molecule has 1 aromatic rings. The molecule has 29 heavy (non-hydrogen) atoms. The average molecular weight is 466 g/mol. The fraction of sp³-hybridized carbons (Fsp3) is 0.696. The molecule has 3 rings (SSSR count). The third kappa shape index (κ3) is 6.35. The number of carbonyl (C=O) groups excluding carboxylic acids is 1. The Morgan fingerprint density at radius 1 is 1.21 bits per heavy atom. The minimum atomic E-state index is 0.167. The lowest BCUT2D eigenvalue weighted by Gasteiger charge is -2.34. The standard InChI is InChI=1S/C23H36BrN3O2/c1-25(2)23(28)27-12-5-7-18(17-27)6-4-11-26-13-10-19(16-26)14-20-15-21(29-3)8-9-22(20)24/h8-9,15,18-19H,4-7,10-14,16-17H2,1-3H3. The van der Waals surface area contributed by atoms with Gasteiger partial charge in [-0.15, -0.1) is 0 Å². The summed E-state index contributed by atoms with van der Waals surface area (Å²) in [6.07, 6.45) is 7.27. The lowest BCUT2D eigenvalue weighted by Crippen LogP contribution is -2.45. The summed E-state index contributed by atoms with van der Waals surface area (Å²) < 4.78 is 6.57. The Bertz CT molecular complexity index is 682. The zero-order valence-corrected chi connectivity index (χ0v) is 19.8. The summed E-state index contributed by atoms with van der Waals surface area (Å²) in [6.45, 7) is 5.44. The van der Waals surface area contributed by atoms with Gasteiger partial charge in [0.15, 0.2) is 0 Å². The van der Waals surface area contributed by atoms with Crippen LogP contribution in [0.3, 0.4) is 0 Å². The van der Waals surface area contributed by atoms with Crippen LogP contribution in [0.4, 0.5) is 4.79 Å². The topological polar surface area (TPSA) is 36.0 Å². The number of ether oxygens (including phenoxy) is 1. The molecule has 0 aromatic heterocycles. The molecule has 2 fully saturated rings. The molecule has 162 valence electrons. The lowest BCUT2D eigenvalue weighted by atomic mass is 9.93. The van der Waals surface area contributed by atoms with E-state index in [1.807, 2.05) is 25.1 Å². The fourth-order valence-electron chi connectivity index (χ4n) is 4.79. The normalized spacial score (nSPS) is 22.7. The SMILES string of the molecule is COc1ccc(Br)c(CC2CCN(CCCC3CCCN(C(=O)N(C)C)C3)C2)c1. The first-order chi connectivity index (χ1) is 14.0. The number of piperidine rings is 1. The number of hydrogen-bond acceptors (Lipinski definition) is 3. The number of rotatable bonds is 7. The van der Waals surface area contributed by atoms with Crippen molar-refractivity contribution in [3.05, 3.63) is 28.2 Å². The number of carbonyl (C=O) groups is 1. The van der Waals surface area contributed by atoms with E-state index in [4.69, 9.17) is 4.74 Å². The largest absolute Gasteiger partial charge is 0.497 e. The summed E-state index contributed by atoms with van der Waals surface area (Å²) in [4.78, 5) is 18.6. The van der Waals surface area contributed by atoms with Crippen molar-refractivity contribution in [1.82, 2.24) is 14.7 Å². The van der Waals surface area contributed by atoms with E-state index in [-0.39, 0.29) is 6.03 Å². The Balaban J connectivity index is 1.39. The molecule has 2 atom stereocenters. The summed E-state index contributed by atoms with van der Waals surface area (Å²) in [7, 11) is 5.42. The van der Waals surface area contributed by atoms with Gasteiger partial charge in [0.25, 0.3) is 0 Å². The first-order valence-electron chi connectivity index (χ1n) is 11.0. The van der Waals surface area contributed by atoms with Crippen LogP contribution < -0.4 is 4.74 Å². The second kappa shape index (κ2) is 10.7. The second-order valence-electron chi connectivity index (χ2n) is 8.89. The van der Waals surface area contributed by atoms with Crippen molar-refractivity contribution in [1.29, 1.82) is 0 Å². The predicted octanol–water partition coefficient (Wildman–Crippen LogP) is 4.50. The Morgan fingerprint density at radius 2 is 2.03 bits per heavy atom. The maximum atomic E-state index is 12.2. The predicted molar refractivity (Wildman–Crippen MR) is 122 cm³/mol. The molecule has 2 heterocycles. The first-order valence-corrected chi connectivity index (χ1v) is 11.8. The van der Waals surface area contributed by atoms with Crippen LogP contribution in [0.5, 0.6) is 5.75 Å². The molecule has 0 bridgehead atoms. The van der Waals surface area contributed by atoms with Crippen LogP contribution in [0, 0.1) is 11.8 Å².